The summed E-state index contributed by atoms with van der Waals surface area (Å²) in [6.45, 7) is 2.53. The van der Waals surface area contributed by atoms with Crippen LogP contribution in [0.3, 0.4) is 0 Å². The van der Waals surface area contributed by atoms with E-state index in [4.69, 9.17) is 8.92 Å². The smallest absolute Gasteiger partial charge is 0.297 e. The molecule has 1 heterocycles. The highest BCUT2D eigenvalue weighted by atomic mass is 32.2. The van der Waals surface area contributed by atoms with Crippen LogP contribution < -0.4 is 0 Å². The van der Waals surface area contributed by atoms with Gasteiger partial charge < -0.3 is 4.74 Å². The Morgan fingerprint density at radius 2 is 2.27 bits per heavy atom. The normalized spacial score (nSPS) is 20.2. The fraction of sp³-hybridized carbons (Fsp3) is 0.400. The van der Waals surface area contributed by atoms with Gasteiger partial charge in [-0.25, -0.2) is 0 Å². The number of epoxide rings is 1. The van der Waals surface area contributed by atoms with E-state index in [-0.39, 0.29) is 17.6 Å². The van der Waals surface area contributed by atoms with E-state index in [9.17, 15) is 8.42 Å². The average Bonchev–Trinajstić information content (AvgIpc) is 2.98. The monoisotopic (exact) mass is 228 g/mol. The van der Waals surface area contributed by atoms with Crippen molar-refractivity contribution in [1.29, 1.82) is 0 Å². The molecule has 0 radical (unpaired) electrons. The molecule has 4 nitrogen and oxygen atoms in total. The highest BCUT2D eigenvalue weighted by Crippen LogP contribution is 2.17. The molecule has 0 aromatic heterocycles. The number of rotatable bonds is 4. The lowest BCUT2D eigenvalue weighted by atomic mass is 10.2. The molecule has 1 aromatic carbocycles. The van der Waals surface area contributed by atoms with Gasteiger partial charge >= 0.3 is 0 Å². The lowest BCUT2D eigenvalue weighted by Gasteiger charge is -2.04. The molecule has 0 saturated carbocycles. The van der Waals surface area contributed by atoms with Crippen LogP contribution in [-0.2, 0) is 19.0 Å². The van der Waals surface area contributed by atoms with Gasteiger partial charge in [-0.05, 0) is 24.6 Å². The van der Waals surface area contributed by atoms with Crippen LogP contribution >= 0.6 is 0 Å². The largest absolute Gasteiger partial charge is 0.371 e. The fourth-order valence-electron chi connectivity index (χ4n) is 1.17. The molecule has 1 aromatic rings. The summed E-state index contributed by atoms with van der Waals surface area (Å²) >= 11 is 0. The van der Waals surface area contributed by atoms with Crippen LogP contribution in [0, 0.1) is 6.92 Å². The lowest BCUT2D eigenvalue weighted by Crippen LogP contribution is -2.10. The van der Waals surface area contributed by atoms with Crippen molar-refractivity contribution >= 4 is 10.1 Å². The van der Waals surface area contributed by atoms with Gasteiger partial charge in [-0.2, -0.15) is 8.42 Å². The number of aryl methyl sites for hydroxylation is 1. The van der Waals surface area contributed by atoms with E-state index in [0.717, 1.165) is 5.56 Å². The standard InChI is InChI=1S/C10H12O4S/c1-8-3-2-4-10(5-8)15(11,12)14-7-9-6-13-9/h2-5,9H,6-7H2,1H3/t9-/m0/s1. The molecule has 2 rings (SSSR count). The molecule has 0 N–H and O–H groups in total. The summed E-state index contributed by atoms with van der Waals surface area (Å²) in [5.41, 5.74) is 0.891. The van der Waals surface area contributed by atoms with Gasteiger partial charge in [-0.1, -0.05) is 12.1 Å². The van der Waals surface area contributed by atoms with Crippen molar-refractivity contribution < 1.29 is 17.3 Å². The molecule has 1 atom stereocenters. The molecule has 5 heteroatoms. The number of ether oxygens (including phenoxy) is 1. The van der Waals surface area contributed by atoms with Crippen LogP contribution in [-0.4, -0.2) is 27.7 Å². The maximum absolute atomic E-state index is 11.6. The summed E-state index contributed by atoms with van der Waals surface area (Å²) in [7, 11) is -3.62. The molecule has 0 amide bonds. The Hall–Kier alpha value is -0.910. The minimum absolute atomic E-state index is 0.0513. The summed E-state index contributed by atoms with van der Waals surface area (Å²) in [6.07, 6.45) is -0.0513. The molecular formula is C10H12O4S. The third-order valence-electron chi connectivity index (χ3n) is 2.09. The predicted octanol–water partition coefficient (Wildman–Crippen LogP) is 1.10. The molecule has 0 bridgehead atoms. The summed E-state index contributed by atoms with van der Waals surface area (Å²) in [6, 6.07) is 6.64. The van der Waals surface area contributed by atoms with E-state index in [1.54, 1.807) is 12.1 Å². The van der Waals surface area contributed by atoms with E-state index >= 15 is 0 Å². The van der Waals surface area contributed by atoms with Crippen molar-refractivity contribution in [3.63, 3.8) is 0 Å². The first kappa shape index (κ1) is 10.6. The van der Waals surface area contributed by atoms with E-state index < -0.39 is 10.1 Å². The molecule has 1 aliphatic heterocycles. The van der Waals surface area contributed by atoms with Crippen LogP contribution in [0.15, 0.2) is 29.2 Å². The van der Waals surface area contributed by atoms with Crippen molar-refractivity contribution in [2.75, 3.05) is 13.2 Å². The van der Waals surface area contributed by atoms with Crippen LogP contribution in [0.5, 0.6) is 0 Å². The second-order valence-corrected chi connectivity index (χ2v) is 5.13. The molecule has 0 unspecified atom stereocenters. The van der Waals surface area contributed by atoms with Gasteiger partial charge in [0.25, 0.3) is 10.1 Å². The van der Waals surface area contributed by atoms with Crippen molar-refractivity contribution in [3.05, 3.63) is 29.8 Å². The highest BCUT2D eigenvalue weighted by Gasteiger charge is 2.26. The van der Waals surface area contributed by atoms with Crippen molar-refractivity contribution in [3.8, 4) is 0 Å². The zero-order chi connectivity index (χ0) is 10.9. The highest BCUT2D eigenvalue weighted by molar-refractivity contribution is 7.86. The van der Waals surface area contributed by atoms with Gasteiger partial charge in [0.05, 0.1) is 18.1 Å². The maximum Gasteiger partial charge on any atom is 0.297 e. The van der Waals surface area contributed by atoms with Gasteiger partial charge in [-0.3, -0.25) is 4.18 Å². The molecule has 82 valence electrons. The Labute approximate surface area is 88.9 Å². The Bertz CT molecular complexity index is 448. The van der Waals surface area contributed by atoms with E-state index in [1.807, 2.05) is 13.0 Å². The molecule has 0 spiro atoms. The first-order valence-corrected chi connectivity index (χ1v) is 6.06. The Balaban J connectivity index is 2.12. The molecule has 1 saturated heterocycles. The fourth-order valence-corrected chi connectivity index (χ4v) is 2.21. The zero-order valence-electron chi connectivity index (χ0n) is 8.34. The summed E-state index contributed by atoms with van der Waals surface area (Å²) < 4.78 is 33.0. The third kappa shape index (κ3) is 2.77. The van der Waals surface area contributed by atoms with Gasteiger partial charge in [0.2, 0.25) is 0 Å². The van der Waals surface area contributed by atoms with Gasteiger partial charge in [0.1, 0.15) is 6.10 Å². The van der Waals surface area contributed by atoms with Gasteiger partial charge in [-0.15, -0.1) is 0 Å². The maximum atomic E-state index is 11.6. The average molecular weight is 228 g/mol. The van der Waals surface area contributed by atoms with Crippen LogP contribution in [0.25, 0.3) is 0 Å². The molecule has 0 aliphatic carbocycles. The van der Waals surface area contributed by atoms with Gasteiger partial charge in [0.15, 0.2) is 0 Å². The number of hydrogen-bond donors (Lipinski definition) is 0. The topological polar surface area (TPSA) is 55.9 Å². The number of benzene rings is 1. The van der Waals surface area contributed by atoms with E-state index in [2.05, 4.69) is 0 Å². The van der Waals surface area contributed by atoms with E-state index in [1.165, 1.54) is 6.07 Å². The Kier molecular flexibility index (Phi) is 2.77. The van der Waals surface area contributed by atoms with Crippen LogP contribution in [0.1, 0.15) is 5.56 Å². The van der Waals surface area contributed by atoms with Gasteiger partial charge in [0, 0.05) is 0 Å². The predicted molar refractivity (Wildman–Crippen MR) is 54.1 cm³/mol. The minimum atomic E-state index is -3.62. The summed E-state index contributed by atoms with van der Waals surface area (Å²) in [4.78, 5) is 0.197. The Morgan fingerprint density at radius 1 is 1.53 bits per heavy atom. The summed E-state index contributed by atoms with van der Waals surface area (Å²) in [5, 5.41) is 0. The van der Waals surface area contributed by atoms with Crippen molar-refractivity contribution in [2.45, 2.75) is 17.9 Å². The molecule has 1 fully saturated rings. The second-order valence-electron chi connectivity index (χ2n) is 3.51. The first-order valence-electron chi connectivity index (χ1n) is 4.66. The summed E-state index contributed by atoms with van der Waals surface area (Å²) in [5.74, 6) is 0. The molecule has 1 aliphatic rings. The van der Waals surface area contributed by atoms with Crippen molar-refractivity contribution in [1.82, 2.24) is 0 Å². The number of hydrogen-bond acceptors (Lipinski definition) is 4. The van der Waals surface area contributed by atoms with E-state index in [0.29, 0.717) is 6.61 Å². The van der Waals surface area contributed by atoms with Crippen LogP contribution in [0.2, 0.25) is 0 Å². The quantitative estimate of drug-likeness (QED) is 0.572. The van der Waals surface area contributed by atoms with Crippen molar-refractivity contribution in [2.24, 2.45) is 0 Å². The lowest BCUT2D eigenvalue weighted by molar-refractivity contribution is 0.266. The Morgan fingerprint density at radius 3 is 2.87 bits per heavy atom. The van der Waals surface area contributed by atoms with Crippen LogP contribution in [0.4, 0.5) is 0 Å². The minimum Gasteiger partial charge on any atom is -0.371 e. The first-order chi connectivity index (χ1) is 7.08. The second kappa shape index (κ2) is 3.92. The molecular weight excluding hydrogens is 216 g/mol. The molecule has 15 heavy (non-hydrogen) atoms. The zero-order valence-corrected chi connectivity index (χ0v) is 9.16. The SMILES string of the molecule is Cc1cccc(S(=O)(=O)OC[C@@H]2CO2)c1. The third-order valence-corrected chi connectivity index (χ3v) is 3.37.